The van der Waals surface area contributed by atoms with E-state index in [1.54, 1.807) is 0 Å². The van der Waals surface area contributed by atoms with Crippen molar-refractivity contribution in [3.8, 4) is 0 Å². The van der Waals surface area contributed by atoms with Crippen molar-refractivity contribution >= 4 is 27.6 Å². The molecule has 1 unspecified atom stereocenters. The van der Waals surface area contributed by atoms with E-state index in [1.165, 1.54) is 7.11 Å². The van der Waals surface area contributed by atoms with Crippen LogP contribution >= 0.6 is 11.6 Å². The van der Waals surface area contributed by atoms with Gasteiger partial charge >= 0.3 is 5.97 Å². The Morgan fingerprint density at radius 2 is 2.05 bits per heavy atom. The van der Waals surface area contributed by atoms with E-state index in [0.29, 0.717) is 0 Å². The summed E-state index contributed by atoms with van der Waals surface area (Å²) in [6.07, 6.45) is 0.279. The van der Waals surface area contributed by atoms with Crippen molar-refractivity contribution in [1.82, 2.24) is 4.72 Å². The first-order valence-corrected chi connectivity index (χ1v) is 8.08. The highest BCUT2D eigenvalue weighted by molar-refractivity contribution is 7.89. The predicted octanol–water partition coefficient (Wildman–Crippen LogP) is 2.35. The van der Waals surface area contributed by atoms with E-state index >= 15 is 0 Å². The quantitative estimate of drug-likeness (QED) is 0.809. The fourth-order valence-corrected chi connectivity index (χ4v) is 3.17. The first-order chi connectivity index (χ1) is 9.67. The molecule has 0 fully saturated rings. The van der Waals surface area contributed by atoms with Crippen LogP contribution in [0.5, 0.6) is 0 Å². The number of hydrogen-bond donors (Lipinski definition) is 1. The lowest BCUT2D eigenvalue weighted by atomic mass is 10.1. The molecule has 0 aliphatic heterocycles. The maximum atomic E-state index is 13.1. The third-order valence-corrected chi connectivity index (χ3v) is 4.45. The molecule has 0 saturated carbocycles. The Bertz CT molecular complexity index is 619. The Kier molecular flexibility index (Phi) is 6.12. The fourth-order valence-electron chi connectivity index (χ4n) is 1.71. The van der Waals surface area contributed by atoms with Gasteiger partial charge in [0.05, 0.1) is 17.0 Å². The molecule has 5 nitrogen and oxygen atoms in total. The van der Waals surface area contributed by atoms with E-state index < -0.39 is 27.9 Å². The Morgan fingerprint density at radius 3 is 2.52 bits per heavy atom. The molecule has 8 heteroatoms. The molecule has 0 aromatic heterocycles. The molecule has 1 N–H and O–H groups in total. The summed E-state index contributed by atoms with van der Waals surface area (Å²) in [6.45, 7) is 3.69. The van der Waals surface area contributed by atoms with Gasteiger partial charge in [-0.25, -0.2) is 12.8 Å². The van der Waals surface area contributed by atoms with Gasteiger partial charge < -0.3 is 4.74 Å². The van der Waals surface area contributed by atoms with E-state index in [-0.39, 0.29) is 22.3 Å². The van der Waals surface area contributed by atoms with Crippen LogP contribution in [0.1, 0.15) is 20.3 Å². The third-order valence-electron chi connectivity index (χ3n) is 2.69. The van der Waals surface area contributed by atoms with E-state index in [4.69, 9.17) is 11.6 Å². The molecule has 1 atom stereocenters. The topological polar surface area (TPSA) is 72.5 Å². The van der Waals surface area contributed by atoms with Crippen LogP contribution < -0.4 is 4.72 Å². The Morgan fingerprint density at radius 1 is 1.43 bits per heavy atom. The molecule has 0 bridgehead atoms. The summed E-state index contributed by atoms with van der Waals surface area (Å²) in [7, 11) is -2.82. The van der Waals surface area contributed by atoms with Crippen LogP contribution in [0, 0.1) is 11.7 Å². The van der Waals surface area contributed by atoms with Gasteiger partial charge in [0.1, 0.15) is 11.9 Å². The molecule has 0 aliphatic carbocycles. The lowest BCUT2D eigenvalue weighted by Crippen LogP contribution is -2.42. The molecule has 1 rings (SSSR count). The number of carbonyl (C=O) groups is 1. The number of methoxy groups -OCH3 is 1. The van der Waals surface area contributed by atoms with E-state index in [1.807, 2.05) is 13.8 Å². The van der Waals surface area contributed by atoms with Gasteiger partial charge in [-0.05, 0) is 30.5 Å². The second kappa shape index (κ2) is 7.20. The summed E-state index contributed by atoms with van der Waals surface area (Å²) in [5, 5.41) is -0.309. The lowest BCUT2D eigenvalue weighted by molar-refractivity contribution is -0.143. The zero-order valence-corrected chi connectivity index (χ0v) is 13.5. The van der Waals surface area contributed by atoms with E-state index in [0.717, 1.165) is 18.2 Å². The summed E-state index contributed by atoms with van der Waals surface area (Å²) < 4.78 is 44.3. The summed E-state index contributed by atoms with van der Waals surface area (Å²) >= 11 is 5.57. The zero-order chi connectivity index (χ0) is 16.2. The van der Waals surface area contributed by atoms with Crippen LogP contribution in [0.25, 0.3) is 0 Å². The minimum absolute atomic E-state index is 0.0774. The number of nitrogens with one attached hydrogen (secondary N) is 1. The Hall–Kier alpha value is -1.18. The molecular weight excluding hydrogens is 321 g/mol. The first-order valence-electron chi connectivity index (χ1n) is 6.22. The lowest BCUT2D eigenvalue weighted by Gasteiger charge is -2.18. The molecular formula is C13H17ClFNO4S. The van der Waals surface area contributed by atoms with E-state index in [9.17, 15) is 17.6 Å². The third kappa shape index (κ3) is 4.94. The number of sulfonamides is 1. The van der Waals surface area contributed by atoms with Crippen molar-refractivity contribution in [3.63, 3.8) is 0 Å². The molecule has 0 aliphatic rings. The molecule has 1 aromatic rings. The summed E-state index contributed by atoms with van der Waals surface area (Å²) in [5.41, 5.74) is 0. The van der Waals surface area contributed by atoms with Crippen LogP contribution in [0.15, 0.2) is 23.1 Å². The van der Waals surface area contributed by atoms with E-state index in [2.05, 4.69) is 9.46 Å². The standard InChI is InChI=1S/C13H17ClFNO4S/c1-8(2)6-12(13(17)20-3)16-21(18,19)9-4-5-11(15)10(14)7-9/h4-5,7-8,12,16H,6H2,1-3H3. The smallest absolute Gasteiger partial charge is 0.323 e. The van der Waals surface area contributed by atoms with Gasteiger partial charge in [0.15, 0.2) is 0 Å². The summed E-state index contributed by atoms with van der Waals surface area (Å²) in [5.74, 6) is -1.32. The van der Waals surface area contributed by atoms with Crippen molar-refractivity contribution < 1.29 is 22.3 Å². The first kappa shape index (κ1) is 17.9. The van der Waals surface area contributed by atoms with Gasteiger partial charge in [-0.3, -0.25) is 4.79 Å². The van der Waals surface area contributed by atoms with Crippen molar-refractivity contribution in [1.29, 1.82) is 0 Å². The molecule has 0 spiro atoms. The second-order valence-electron chi connectivity index (χ2n) is 4.90. The molecule has 0 saturated heterocycles. The van der Waals surface area contributed by atoms with Gasteiger partial charge in [0, 0.05) is 0 Å². The second-order valence-corrected chi connectivity index (χ2v) is 7.02. The van der Waals surface area contributed by atoms with Gasteiger partial charge in [-0.15, -0.1) is 0 Å². The van der Waals surface area contributed by atoms with Crippen molar-refractivity contribution in [2.75, 3.05) is 7.11 Å². The molecule has 0 amide bonds. The molecule has 118 valence electrons. The maximum absolute atomic E-state index is 13.1. The van der Waals surface area contributed by atoms with Gasteiger partial charge in [-0.2, -0.15) is 4.72 Å². The monoisotopic (exact) mass is 337 g/mol. The fraction of sp³-hybridized carbons (Fsp3) is 0.462. The number of halogens is 2. The zero-order valence-electron chi connectivity index (χ0n) is 11.9. The van der Waals surface area contributed by atoms with Crippen molar-refractivity contribution in [2.45, 2.75) is 31.2 Å². The Labute approximate surface area is 128 Å². The van der Waals surface area contributed by atoms with Crippen LogP contribution in [0.4, 0.5) is 4.39 Å². The number of benzene rings is 1. The van der Waals surface area contributed by atoms with Crippen LogP contribution in [0.3, 0.4) is 0 Å². The maximum Gasteiger partial charge on any atom is 0.323 e. The highest BCUT2D eigenvalue weighted by Gasteiger charge is 2.27. The number of ether oxygens (including phenoxy) is 1. The summed E-state index contributed by atoms with van der Waals surface area (Å²) in [4.78, 5) is 11.4. The minimum Gasteiger partial charge on any atom is -0.468 e. The summed E-state index contributed by atoms with van der Waals surface area (Å²) in [6, 6.07) is 2.01. The van der Waals surface area contributed by atoms with Crippen LogP contribution in [-0.2, 0) is 19.6 Å². The van der Waals surface area contributed by atoms with Gasteiger partial charge in [-0.1, -0.05) is 25.4 Å². The minimum atomic E-state index is -4.00. The molecule has 1 aromatic carbocycles. The molecule has 21 heavy (non-hydrogen) atoms. The average molecular weight is 338 g/mol. The average Bonchev–Trinajstić information content (AvgIpc) is 2.39. The SMILES string of the molecule is COC(=O)C(CC(C)C)NS(=O)(=O)c1ccc(F)c(Cl)c1. The predicted molar refractivity (Wildman–Crippen MR) is 77.0 cm³/mol. The number of carbonyl (C=O) groups excluding carboxylic acids is 1. The van der Waals surface area contributed by atoms with Crippen molar-refractivity contribution in [2.24, 2.45) is 5.92 Å². The largest absolute Gasteiger partial charge is 0.468 e. The van der Waals surface area contributed by atoms with Crippen LogP contribution in [-0.4, -0.2) is 27.5 Å². The van der Waals surface area contributed by atoms with Gasteiger partial charge in [0.2, 0.25) is 10.0 Å². The highest BCUT2D eigenvalue weighted by atomic mass is 35.5. The molecule has 0 radical (unpaired) electrons. The molecule has 0 heterocycles. The number of rotatable bonds is 6. The van der Waals surface area contributed by atoms with Crippen LogP contribution in [0.2, 0.25) is 5.02 Å². The highest BCUT2D eigenvalue weighted by Crippen LogP contribution is 2.20. The van der Waals surface area contributed by atoms with Gasteiger partial charge in [0.25, 0.3) is 0 Å². The number of hydrogen-bond acceptors (Lipinski definition) is 4. The number of esters is 1. The normalized spacial score (nSPS) is 13.2. The van der Waals surface area contributed by atoms with Crippen molar-refractivity contribution in [3.05, 3.63) is 29.0 Å². The Balaban J connectivity index is 3.05.